The SMILES string of the molecule is CC(C)CCS(=O)(=O)N1CCC(c2ccc(O)cc2)CC1. The third-order valence-electron chi connectivity index (χ3n) is 4.16. The van der Waals surface area contributed by atoms with Crippen LogP contribution in [0.4, 0.5) is 0 Å². The van der Waals surface area contributed by atoms with Crippen LogP contribution in [-0.2, 0) is 10.0 Å². The van der Waals surface area contributed by atoms with Crippen LogP contribution in [0.3, 0.4) is 0 Å². The van der Waals surface area contributed by atoms with Crippen LogP contribution in [0.5, 0.6) is 5.75 Å². The Hall–Kier alpha value is -1.07. The molecular formula is C16H25NO3S. The predicted octanol–water partition coefficient (Wildman–Crippen LogP) is 2.95. The standard InChI is InChI=1S/C16H25NO3S/c1-13(2)9-12-21(19,20)17-10-7-15(8-11-17)14-3-5-16(18)6-4-14/h3-6,13,15,18H,7-12H2,1-2H3. The van der Waals surface area contributed by atoms with Gasteiger partial charge in [0, 0.05) is 13.1 Å². The summed E-state index contributed by atoms with van der Waals surface area (Å²) in [4.78, 5) is 0. The van der Waals surface area contributed by atoms with Crippen molar-refractivity contribution < 1.29 is 13.5 Å². The Morgan fingerprint density at radius 1 is 1.19 bits per heavy atom. The van der Waals surface area contributed by atoms with E-state index in [2.05, 4.69) is 0 Å². The number of nitrogens with zero attached hydrogens (tertiary/aromatic N) is 1. The van der Waals surface area contributed by atoms with E-state index in [0.29, 0.717) is 24.9 Å². The molecule has 1 fully saturated rings. The molecule has 1 aliphatic rings. The maximum atomic E-state index is 12.3. The molecule has 0 unspecified atom stereocenters. The molecule has 5 heteroatoms. The summed E-state index contributed by atoms with van der Waals surface area (Å²) in [7, 11) is -3.10. The van der Waals surface area contributed by atoms with E-state index in [4.69, 9.17) is 0 Å². The average molecular weight is 311 g/mol. The highest BCUT2D eigenvalue weighted by Gasteiger charge is 2.28. The van der Waals surface area contributed by atoms with Crippen LogP contribution < -0.4 is 0 Å². The van der Waals surface area contributed by atoms with Crippen molar-refractivity contribution in [3.8, 4) is 5.75 Å². The van der Waals surface area contributed by atoms with Crippen LogP contribution >= 0.6 is 0 Å². The Balaban J connectivity index is 1.92. The quantitative estimate of drug-likeness (QED) is 0.909. The molecule has 1 saturated heterocycles. The van der Waals surface area contributed by atoms with Crippen molar-refractivity contribution in [3.05, 3.63) is 29.8 Å². The number of piperidine rings is 1. The van der Waals surface area contributed by atoms with E-state index < -0.39 is 10.0 Å². The van der Waals surface area contributed by atoms with E-state index >= 15 is 0 Å². The van der Waals surface area contributed by atoms with E-state index in [-0.39, 0.29) is 11.5 Å². The smallest absolute Gasteiger partial charge is 0.214 e. The number of sulfonamides is 1. The number of hydrogen-bond acceptors (Lipinski definition) is 3. The van der Waals surface area contributed by atoms with E-state index in [1.165, 1.54) is 5.56 Å². The maximum absolute atomic E-state index is 12.3. The highest BCUT2D eigenvalue weighted by molar-refractivity contribution is 7.89. The first-order valence-electron chi connectivity index (χ1n) is 7.65. The zero-order valence-electron chi connectivity index (χ0n) is 12.8. The number of phenols is 1. The Bertz CT molecular complexity index is 543. The lowest BCUT2D eigenvalue weighted by molar-refractivity contribution is 0.318. The third kappa shape index (κ3) is 4.45. The Morgan fingerprint density at radius 2 is 1.76 bits per heavy atom. The number of benzene rings is 1. The summed E-state index contributed by atoms with van der Waals surface area (Å²) in [5.74, 6) is 1.33. The molecule has 1 heterocycles. The Labute approximate surface area is 127 Å². The molecule has 118 valence electrons. The molecule has 4 nitrogen and oxygen atoms in total. The van der Waals surface area contributed by atoms with Gasteiger partial charge in [-0.25, -0.2) is 12.7 Å². The number of phenolic OH excluding ortho intramolecular Hbond substituents is 1. The van der Waals surface area contributed by atoms with Crippen LogP contribution in [0.15, 0.2) is 24.3 Å². The van der Waals surface area contributed by atoms with Gasteiger partial charge in [-0.2, -0.15) is 0 Å². The van der Waals surface area contributed by atoms with Crippen LogP contribution in [0.2, 0.25) is 0 Å². The summed E-state index contributed by atoms with van der Waals surface area (Å²) < 4.78 is 26.2. The first kappa shape index (κ1) is 16.3. The summed E-state index contributed by atoms with van der Waals surface area (Å²) in [6.45, 7) is 5.30. The number of rotatable bonds is 5. The molecule has 1 aliphatic heterocycles. The van der Waals surface area contributed by atoms with Crippen molar-refractivity contribution in [2.45, 2.75) is 39.0 Å². The lowest BCUT2D eigenvalue weighted by atomic mass is 9.90. The molecule has 0 aromatic heterocycles. The fourth-order valence-corrected chi connectivity index (χ4v) is 4.52. The largest absolute Gasteiger partial charge is 0.508 e. The molecule has 0 saturated carbocycles. The minimum absolute atomic E-state index is 0.258. The van der Waals surface area contributed by atoms with Gasteiger partial charge in [0.1, 0.15) is 5.75 Å². The summed E-state index contributed by atoms with van der Waals surface area (Å²) in [6, 6.07) is 7.26. The first-order chi connectivity index (χ1) is 9.88. The predicted molar refractivity (Wildman–Crippen MR) is 84.9 cm³/mol. The Morgan fingerprint density at radius 3 is 2.29 bits per heavy atom. The topological polar surface area (TPSA) is 57.6 Å². The highest BCUT2D eigenvalue weighted by atomic mass is 32.2. The lowest BCUT2D eigenvalue weighted by Crippen LogP contribution is -2.39. The summed E-state index contributed by atoms with van der Waals surface area (Å²) in [5.41, 5.74) is 1.19. The molecule has 0 atom stereocenters. The molecule has 0 aliphatic carbocycles. The molecule has 0 amide bonds. The molecular weight excluding hydrogens is 286 g/mol. The number of hydrogen-bond donors (Lipinski definition) is 1. The molecule has 1 aromatic carbocycles. The first-order valence-corrected chi connectivity index (χ1v) is 9.26. The normalized spacial score (nSPS) is 18.2. The molecule has 0 bridgehead atoms. The van der Waals surface area contributed by atoms with Crippen molar-refractivity contribution >= 4 is 10.0 Å². The molecule has 1 N–H and O–H groups in total. The van der Waals surface area contributed by atoms with Crippen LogP contribution in [0.1, 0.15) is 44.6 Å². The monoisotopic (exact) mass is 311 g/mol. The second-order valence-corrected chi connectivity index (χ2v) is 8.35. The summed E-state index contributed by atoms with van der Waals surface area (Å²) in [5, 5.41) is 9.32. The molecule has 0 spiro atoms. The van der Waals surface area contributed by atoms with Gasteiger partial charge in [-0.1, -0.05) is 26.0 Å². The van der Waals surface area contributed by atoms with Gasteiger partial charge in [0.05, 0.1) is 5.75 Å². The minimum Gasteiger partial charge on any atom is -0.508 e. The van der Waals surface area contributed by atoms with E-state index in [1.807, 2.05) is 26.0 Å². The van der Waals surface area contributed by atoms with Gasteiger partial charge in [0.2, 0.25) is 10.0 Å². The van der Waals surface area contributed by atoms with E-state index in [9.17, 15) is 13.5 Å². The lowest BCUT2D eigenvalue weighted by Gasteiger charge is -2.31. The third-order valence-corrected chi connectivity index (χ3v) is 6.07. The summed E-state index contributed by atoms with van der Waals surface area (Å²) in [6.07, 6.45) is 2.43. The van der Waals surface area contributed by atoms with Gasteiger partial charge >= 0.3 is 0 Å². The molecule has 2 rings (SSSR count). The van der Waals surface area contributed by atoms with Crippen molar-refractivity contribution in [3.63, 3.8) is 0 Å². The van der Waals surface area contributed by atoms with E-state index in [0.717, 1.165) is 19.3 Å². The molecule has 1 aromatic rings. The molecule has 21 heavy (non-hydrogen) atoms. The zero-order chi connectivity index (χ0) is 15.5. The van der Waals surface area contributed by atoms with Crippen molar-refractivity contribution in [2.75, 3.05) is 18.8 Å². The minimum atomic E-state index is -3.10. The van der Waals surface area contributed by atoms with Gasteiger partial charge in [0.15, 0.2) is 0 Å². The van der Waals surface area contributed by atoms with Gasteiger partial charge < -0.3 is 5.11 Å². The fourth-order valence-electron chi connectivity index (χ4n) is 2.73. The zero-order valence-corrected chi connectivity index (χ0v) is 13.6. The van der Waals surface area contributed by atoms with Crippen molar-refractivity contribution in [1.82, 2.24) is 4.31 Å². The van der Waals surface area contributed by atoms with Gasteiger partial charge in [-0.15, -0.1) is 0 Å². The van der Waals surface area contributed by atoms with Gasteiger partial charge in [-0.3, -0.25) is 0 Å². The summed E-state index contributed by atoms with van der Waals surface area (Å²) >= 11 is 0. The van der Waals surface area contributed by atoms with Crippen LogP contribution in [-0.4, -0.2) is 36.7 Å². The van der Waals surface area contributed by atoms with Gasteiger partial charge in [-0.05, 0) is 48.8 Å². The average Bonchev–Trinajstić information content (AvgIpc) is 2.46. The fraction of sp³-hybridized carbons (Fsp3) is 0.625. The van der Waals surface area contributed by atoms with Crippen LogP contribution in [0.25, 0.3) is 0 Å². The molecule has 0 radical (unpaired) electrons. The van der Waals surface area contributed by atoms with E-state index in [1.54, 1.807) is 16.4 Å². The van der Waals surface area contributed by atoms with Crippen molar-refractivity contribution in [2.24, 2.45) is 5.92 Å². The number of aromatic hydroxyl groups is 1. The van der Waals surface area contributed by atoms with Crippen LogP contribution in [0, 0.1) is 5.92 Å². The second-order valence-electron chi connectivity index (χ2n) is 6.26. The maximum Gasteiger partial charge on any atom is 0.214 e. The van der Waals surface area contributed by atoms with Crippen molar-refractivity contribution in [1.29, 1.82) is 0 Å². The Kier molecular flexibility index (Phi) is 5.27. The second kappa shape index (κ2) is 6.79. The highest BCUT2D eigenvalue weighted by Crippen LogP contribution is 2.30. The van der Waals surface area contributed by atoms with Gasteiger partial charge in [0.25, 0.3) is 0 Å².